The quantitative estimate of drug-likeness (QED) is 0.488. The summed E-state index contributed by atoms with van der Waals surface area (Å²) in [4.78, 5) is 34.2. The Balaban J connectivity index is 4.29. The third kappa shape index (κ3) is 6.01. The van der Waals surface area contributed by atoms with Crippen LogP contribution in [0, 0.1) is 11.8 Å². The maximum Gasteiger partial charge on any atom is 0.326 e. The zero-order valence-electron chi connectivity index (χ0n) is 12.5. The summed E-state index contributed by atoms with van der Waals surface area (Å²) in [7, 11) is 0. The molecule has 7 nitrogen and oxygen atoms in total. The molecule has 0 spiro atoms. The number of nitrogens with two attached hydrogens (primary N) is 1. The van der Waals surface area contributed by atoms with Crippen molar-refractivity contribution in [2.45, 2.75) is 46.2 Å². The maximum atomic E-state index is 11.7. The molecular weight excluding hydrogens is 262 g/mol. The minimum Gasteiger partial charge on any atom is -0.480 e. The van der Waals surface area contributed by atoms with Gasteiger partial charge in [0.05, 0.1) is 12.6 Å². The van der Waals surface area contributed by atoms with Crippen LogP contribution in [0.4, 0.5) is 0 Å². The molecule has 0 aromatic carbocycles. The lowest BCUT2D eigenvalue weighted by Crippen LogP contribution is -2.51. The summed E-state index contributed by atoms with van der Waals surface area (Å²) in [6, 6.07) is -1.64. The van der Waals surface area contributed by atoms with Gasteiger partial charge in [-0.15, -0.1) is 0 Å². The van der Waals surface area contributed by atoms with Gasteiger partial charge in [-0.2, -0.15) is 0 Å². The summed E-state index contributed by atoms with van der Waals surface area (Å²) in [5, 5.41) is 13.7. The molecule has 0 aliphatic heterocycles. The molecule has 0 saturated carbocycles. The van der Waals surface area contributed by atoms with Crippen molar-refractivity contribution in [3.05, 3.63) is 0 Å². The highest BCUT2D eigenvalue weighted by molar-refractivity contribution is 5.89. The fourth-order valence-electron chi connectivity index (χ4n) is 1.54. The van der Waals surface area contributed by atoms with Gasteiger partial charge >= 0.3 is 5.97 Å². The molecule has 3 atom stereocenters. The largest absolute Gasteiger partial charge is 0.480 e. The van der Waals surface area contributed by atoms with E-state index < -0.39 is 29.9 Å². The van der Waals surface area contributed by atoms with E-state index in [1.54, 1.807) is 13.8 Å². The van der Waals surface area contributed by atoms with Crippen molar-refractivity contribution in [1.82, 2.24) is 10.6 Å². The van der Waals surface area contributed by atoms with Crippen LogP contribution in [0.3, 0.4) is 0 Å². The van der Waals surface area contributed by atoms with E-state index in [9.17, 15) is 14.4 Å². The van der Waals surface area contributed by atoms with E-state index in [4.69, 9.17) is 10.8 Å². The Morgan fingerprint density at radius 1 is 1.20 bits per heavy atom. The molecule has 0 bridgehead atoms. The number of rotatable bonds is 8. The lowest BCUT2D eigenvalue weighted by molar-refractivity contribution is -0.143. The van der Waals surface area contributed by atoms with Gasteiger partial charge in [0.1, 0.15) is 6.04 Å². The fourth-order valence-corrected chi connectivity index (χ4v) is 1.54. The number of hydrogen-bond donors (Lipinski definition) is 4. The molecule has 0 fully saturated rings. The lowest BCUT2D eigenvalue weighted by Gasteiger charge is -2.20. The topological polar surface area (TPSA) is 122 Å². The third-order valence-electron chi connectivity index (χ3n) is 3.23. The van der Waals surface area contributed by atoms with Gasteiger partial charge in [-0.25, -0.2) is 4.79 Å². The Morgan fingerprint density at radius 2 is 1.75 bits per heavy atom. The van der Waals surface area contributed by atoms with E-state index >= 15 is 0 Å². The molecule has 0 aliphatic carbocycles. The van der Waals surface area contributed by atoms with E-state index in [1.807, 2.05) is 13.8 Å². The highest BCUT2D eigenvalue weighted by Crippen LogP contribution is 2.05. The number of carbonyl (C=O) groups is 3. The van der Waals surface area contributed by atoms with Gasteiger partial charge < -0.3 is 21.5 Å². The van der Waals surface area contributed by atoms with Gasteiger partial charge in [-0.05, 0) is 11.8 Å². The summed E-state index contributed by atoms with van der Waals surface area (Å²) in [5.74, 6) is -2.28. The molecule has 116 valence electrons. The van der Waals surface area contributed by atoms with Gasteiger partial charge in [0.15, 0.2) is 0 Å². The van der Waals surface area contributed by atoms with E-state index in [1.165, 1.54) is 0 Å². The number of hydrogen-bond acceptors (Lipinski definition) is 4. The van der Waals surface area contributed by atoms with Crippen LogP contribution in [0.5, 0.6) is 0 Å². The SMILES string of the molecule is CCC(C)C(N)C(=O)NCC(=O)NC(C(=O)O)C(C)C. The van der Waals surface area contributed by atoms with Gasteiger partial charge in [0, 0.05) is 0 Å². The highest BCUT2D eigenvalue weighted by atomic mass is 16.4. The normalized spacial score (nSPS) is 15.3. The van der Waals surface area contributed by atoms with E-state index in [0.717, 1.165) is 6.42 Å². The van der Waals surface area contributed by atoms with Crippen LogP contribution in [0.15, 0.2) is 0 Å². The van der Waals surface area contributed by atoms with Crippen LogP contribution in [0.2, 0.25) is 0 Å². The minimum absolute atomic E-state index is 0.0143. The number of carboxylic acids is 1. The second-order valence-corrected chi connectivity index (χ2v) is 5.26. The van der Waals surface area contributed by atoms with E-state index in [0.29, 0.717) is 0 Å². The van der Waals surface area contributed by atoms with Crippen molar-refractivity contribution in [2.24, 2.45) is 17.6 Å². The van der Waals surface area contributed by atoms with Crippen LogP contribution in [0.1, 0.15) is 34.1 Å². The van der Waals surface area contributed by atoms with Crippen LogP contribution in [0.25, 0.3) is 0 Å². The van der Waals surface area contributed by atoms with Crippen molar-refractivity contribution in [3.63, 3.8) is 0 Å². The lowest BCUT2D eigenvalue weighted by atomic mass is 9.99. The highest BCUT2D eigenvalue weighted by Gasteiger charge is 2.24. The molecule has 3 unspecified atom stereocenters. The number of carbonyl (C=O) groups excluding carboxylic acids is 2. The van der Waals surface area contributed by atoms with Crippen molar-refractivity contribution in [1.29, 1.82) is 0 Å². The molecule has 0 aliphatic rings. The van der Waals surface area contributed by atoms with Crippen LogP contribution in [-0.4, -0.2) is 41.5 Å². The zero-order valence-corrected chi connectivity index (χ0v) is 12.5. The second kappa shape index (κ2) is 8.52. The first-order valence-electron chi connectivity index (χ1n) is 6.76. The Labute approximate surface area is 119 Å². The van der Waals surface area contributed by atoms with Crippen LogP contribution < -0.4 is 16.4 Å². The Kier molecular flexibility index (Phi) is 7.83. The molecule has 7 heteroatoms. The molecule has 20 heavy (non-hydrogen) atoms. The fraction of sp³-hybridized carbons (Fsp3) is 0.769. The summed E-state index contributed by atoms with van der Waals surface area (Å²) < 4.78 is 0. The summed E-state index contributed by atoms with van der Waals surface area (Å²) in [6.45, 7) is 6.88. The molecule has 0 saturated heterocycles. The monoisotopic (exact) mass is 287 g/mol. The first-order chi connectivity index (χ1) is 9.20. The Hall–Kier alpha value is -1.63. The second-order valence-electron chi connectivity index (χ2n) is 5.26. The summed E-state index contributed by atoms with van der Waals surface area (Å²) in [5.41, 5.74) is 5.72. The molecular formula is C13H25N3O4. The standard InChI is InChI=1S/C13H25N3O4/c1-5-8(4)10(14)12(18)15-6-9(17)16-11(7(2)3)13(19)20/h7-8,10-11H,5-6,14H2,1-4H3,(H,15,18)(H,16,17)(H,19,20). The summed E-state index contributed by atoms with van der Waals surface area (Å²) in [6.07, 6.45) is 0.759. The molecule has 5 N–H and O–H groups in total. The van der Waals surface area contributed by atoms with Crippen LogP contribution in [-0.2, 0) is 14.4 Å². The molecule has 2 amide bonds. The first-order valence-corrected chi connectivity index (χ1v) is 6.76. The number of carboxylic acid groups (broad SMARTS) is 1. The van der Waals surface area contributed by atoms with E-state index in [-0.39, 0.29) is 18.4 Å². The molecule has 0 heterocycles. The van der Waals surface area contributed by atoms with Crippen molar-refractivity contribution in [3.8, 4) is 0 Å². The molecule has 0 aromatic rings. The van der Waals surface area contributed by atoms with Crippen molar-refractivity contribution >= 4 is 17.8 Å². The molecule has 0 radical (unpaired) electrons. The zero-order chi connectivity index (χ0) is 15.9. The van der Waals surface area contributed by atoms with Gasteiger partial charge in [0.2, 0.25) is 11.8 Å². The molecule has 0 aromatic heterocycles. The average Bonchev–Trinajstić information content (AvgIpc) is 2.39. The number of amides is 2. The minimum atomic E-state index is -1.10. The first kappa shape index (κ1) is 18.4. The van der Waals surface area contributed by atoms with Gasteiger partial charge in [0.25, 0.3) is 0 Å². The smallest absolute Gasteiger partial charge is 0.326 e. The summed E-state index contributed by atoms with van der Waals surface area (Å²) >= 11 is 0. The van der Waals surface area contributed by atoms with Gasteiger partial charge in [-0.1, -0.05) is 34.1 Å². The average molecular weight is 287 g/mol. The van der Waals surface area contributed by atoms with E-state index in [2.05, 4.69) is 10.6 Å². The van der Waals surface area contributed by atoms with Crippen molar-refractivity contribution in [2.75, 3.05) is 6.54 Å². The molecule has 0 rings (SSSR count). The third-order valence-corrected chi connectivity index (χ3v) is 3.23. The number of nitrogens with one attached hydrogen (secondary N) is 2. The van der Waals surface area contributed by atoms with Crippen molar-refractivity contribution < 1.29 is 19.5 Å². The maximum absolute atomic E-state index is 11.7. The predicted octanol–water partition coefficient (Wildman–Crippen LogP) is -0.299. The Morgan fingerprint density at radius 3 is 2.15 bits per heavy atom. The predicted molar refractivity (Wildman–Crippen MR) is 74.8 cm³/mol. The van der Waals surface area contributed by atoms with Crippen LogP contribution >= 0.6 is 0 Å². The Bertz CT molecular complexity index is 358. The van der Waals surface area contributed by atoms with Gasteiger partial charge in [-0.3, -0.25) is 9.59 Å². The number of aliphatic carboxylic acids is 1.